The number of anilines is 1. The van der Waals surface area contributed by atoms with Crippen molar-refractivity contribution in [2.45, 2.75) is 6.42 Å². The van der Waals surface area contributed by atoms with Gasteiger partial charge in [0.2, 0.25) is 0 Å². The van der Waals surface area contributed by atoms with Gasteiger partial charge in [0.25, 0.3) is 0 Å². The Morgan fingerprint density at radius 3 is 1.88 bits per heavy atom. The van der Waals surface area contributed by atoms with Gasteiger partial charge < -0.3 is 33.4 Å². The molecule has 0 unspecified atom stereocenters. The van der Waals surface area contributed by atoms with Crippen LogP contribution in [0.2, 0.25) is 0 Å². The highest BCUT2D eigenvalue weighted by molar-refractivity contribution is 5.45. The Labute approximate surface area is 117 Å². The second-order valence-electron chi connectivity index (χ2n) is 5.32. The second-order valence-corrected chi connectivity index (χ2v) is 5.32. The summed E-state index contributed by atoms with van der Waals surface area (Å²) in [7, 11) is 10.8. The van der Waals surface area contributed by atoms with Crippen molar-refractivity contribution in [3.8, 4) is 0 Å². The Hall–Kier alpha value is -0.290. The summed E-state index contributed by atoms with van der Waals surface area (Å²) in [5, 5.41) is 0. The topological polar surface area (TPSA) is 3.24 Å². The molecule has 0 fully saturated rings. The lowest BCUT2D eigenvalue weighted by atomic mass is 10.1. The molecule has 0 spiro atoms. The number of likely N-dealkylation sites (N-methyl/N-ethyl adjacent to an activating group) is 1. The molecule has 0 aliphatic carbocycles. The summed E-state index contributed by atoms with van der Waals surface area (Å²) in [5.74, 6) is 0. The SMILES string of the molecule is CN(C)c1ccc(CC[N+](C)(C)C)cc1.[I-]. The van der Waals surface area contributed by atoms with E-state index in [0.29, 0.717) is 0 Å². The maximum absolute atomic E-state index is 2.23. The van der Waals surface area contributed by atoms with Crippen molar-refractivity contribution in [3.63, 3.8) is 0 Å². The number of nitrogens with zero attached hydrogens (tertiary/aromatic N) is 2. The van der Waals surface area contributed by atoms with E-state index < -0.39 is 0 Å². The molecule has 0 heterocycles. The normalized spacial score (nSPS) is 10.8. The van der Waals surface area contributed by atoms with E-state index in [-0.39, 0.29) is 24.0 Å². The molecule has 0 amide bonds. The maximum atomic E-state index is 2.23. The third kappa shape index (κ3) is 5.70. The molecule has 0 N–H and O–H groups in total. The minimum Gasteiger partial charge on any atom is -1.00 e. The standard InChI is InChI=1S/C13H23N2.HI/c1-14(2)13-8-6-12(7-9-13)10-11-15(3,4)5;/h6-9H,10-11H2,1-5H3;1H/q+1;/p-1. The molecule has 3 heteroatoms. The van der Waals surface area contributed by atoms with E-state index in [9.17, 15) is 0 Å². The third-order valence-electron chi connectivity index (χ3n) is 2.52. The molecule has 0 bridgehead atoms. The molecular weight excluding hydrogens is 311 g/mol. The van der Waals surface area contributed by atoms with E-state index in [1.165, 1.54) is 17.8 Å². The van der Waals surface area contributed by atoms with Crippen LogP contribution in [0.15, 0.2) is 24.3 Å². The minimum absolute atomic E-state index is 0. The lowest BCUT2D eigenvalue weighted by Gasteiger charge is -2.23. The molecule has 0 radical (unpaired) electrons. The predicted octanol–water partition coefficient (Wildman–Crippen LogP) is -0.995. The summed E-state index contributed by atoms with van der Waals surface area (Å²) in [6.45, 7) is 1.18. The molecule has 0 aliphatic heterocycles. The van der Waals surface area contributed by atoms with E-state index in [2.05, 4.69) is 64.4 Å². The lowest BCUT2D eigenvalue weighted by molar-refractivity contribution is -0.870. The highest BCUT2D eigenvalue weighted by atomic mass is 127. The molecule has 0 saturated carbocycles. The zero-order valence-corrected chi connectivity index (χ0v) is 13.2. The highest BCUT2D eigenvalue weighted by Gasteiger charge is 2.06. The van der Waals surface area contributed by atoms with Crippen LogP contribution in [0.4, 0.5) is 5.69 Å². The molecule has 1 aromatic carbocycles. The summed E-state index contributed by atoms with van der Waals surface area (Å²) >= 11 is 0. The summed E-state index contributed by atoms with van der Waals surface area (Å²) in [6, 6.07) is 8.83. The van der Waals surface area contributed by atoms with Gasteiger partial charge in [0, 0.05) is 26.2 Å². The summed E-state index contributed by atoms with van der Waals surface area (Å²) in [5.41, 5.74) is 2.69. The van der Waals surface area contributed by atoms with Gasteiger partial charge in [0.05, 0.1) is 27.7 Å². The molecule has 16 heavy (non-hydrogen) atoms. The zero-order valence-electron chi connectivity index (χ0n) is 11.0. The number of hydrogen-bond acceptors (Lipinski definition) is 1. The van der Waals surface area contributed by atoms with Crippen molar-refractivity contribution in [3.05, 3.63) is 29.8 Å². The average Bonchev–Trinajstić information content (AvgIpc) is 2.14. The van der Waals surface area contributed by atoms with Gasteiger partial charge >= 0.3 is 0 Å². The lowest BCUT2D eigenvalue weighted by Crippen LogP contribution is -3.00. The number of benzene rings is 1. The Balaban J connectivity index is 0.00000225. The molecule has 1 rings (SSSR count). The number of hydrogen-bond donors (Lipinski definition) is 0. The first-order chi connectivity index (χ1) is 6.88. The van der Waals surface area contributed by atoms with Gasteiger partial charge in [0.15, 0.2) is 0 Å². The Kier molecular flexibility index (Phi) is 6.33. The van der Waals surface area contributed by atoms with Gasteiger partial charge in [-0.1, -0.05) is 12.1 Å². The fourth-order valence-electron chi connectivity index (χ4n) is 1.43. The van der Waals surface area contributed by atoms with E-state index in [0.717, 1.165) is 10.9 Å². The quantitative estimate of drug-likeness (QED) is 0.505. The Bertz CT molecular complexity index is 299. The van der Waals surface area contributed by atoms with Crippen LogP contribution < -0.4 is 28.9 Å². The maximum Gasteiger partial charge on any atom is 0.0821 e. The zero-order chi connectivity index (χ0) is 11.5. The van der Waals surface area contributed by atoms with Crippen LogP contribution in [0, 0.1) is 0 Å². The van der Waals surface area contributed by atoms with Crippen molar-refractivity contribution in [1.29, 1.82) is 0 Å². The summed E-state index contributed by atoms with van der Waals surface area (Å²) in [4.78, 5) is 2.13. The molecule has 0 aromatic heterocycles. The molecule has 0 saturated heterocycles. The van der Waals surface area contributed by atoms with E-state index in [4.69, 9.17) is 0 Å². The third-order valence-corrected chi connectivity index (χ3v) is 2.52. The molecular formula is C13H23IN2. The van der Waals surface area contributed by atoms with Gasteiger partial charge in [-0.05, 0) is 17.7 Å². The first kappa shape index (κ1) is 15.7. The van der Waals surface area contributed by atoms with E-state index in [1.54, 1.807) is 0 Å². The summed E-state index contributed by atoms with van der Waals surface area (Å²) < 4.78 is 1.02. The van der Waals surface area contributed by atoms with Gasteiger partial charge in [-0.3, -0.25) is 0 Å². The Morgan fingerprint density at radius 1 is 1.00 bits per heavy atom. The monoisotopic (exact) mass is 334 g/mol. The van der Waals surface area contributed by atoms with Gasteiger partial charge in [0.1, 0.15) is 0 Å². The minimum atomic E-state index is 0. The van der Waals surface area contributed by atoms with Gasteiger partial charge in [-0.25, -0.2) is 0 Å². The molecule has 92 valence electrons. The first-order valence-electron chi connectivity index (χ1n) is 5.45. The fraction of sp³-hybridized carbons (Fsp3) is 0.538. The highest BCUT2D eigenvalue weighted by Crippen LogP contribution is 2.13. The van der Waals surface area contributed by atoms with Crippen LogP contribution in [0.5, 0.6) is 0 Å². The largest absolute Gasteiger partial charge is 1.00 e. The van der Waals surface area contributed by atoms with Crippen molar-refractivity contribution >= 4 is 5.69 Å². The van der Waals surface area contributed by atoms with E-state index in [1.807, 2.05) is 0 Å². The van der Waals surface area contributed by atoms with E-state index >= 15 is 0 Å². The molecule has 0 atom stereocenters. The van der Waals surface area contributed by atoms with Gasteiger partial charge in [-0.2, -0.15) is 0 Å². The smallest absolute Gasteiger partial charge is 0.0821 e. The van der Waals surface area contributed by atoms with Crippen molar-refractivity contribution in [1.82, 2.24) is 0 Å². The van der Waals surface area contributed by atoms with Crippen LogP contribution in [-0.4, -0.2) is 46.3 Å². The number of quaternary nitrogens is 1. The predicted molar refractivity (Wildman–Crippen MR) is 67.4 cm³/mol. The molecule has 0 aliphatic rings. The van der Waals surface area contributed by atoms with Gasteiger partial charge in [-0.15, -0.1) is 0 Å². The summed E-state index contributed by atoms with van der Waals surface area (Å²) in [6.07, 6.45) is 1.15. The number of halogens is 1. The van der Waals surface area contributed by atoms with Crippen molar-refractivity contribution in [2.24, 2.45) is 0 Å². The van der Waals surface area contributed by atoms with Crippen LogP contribution in [-0.2, 0) is 6.42 Å². The van der Waals surface area contributed by atoms with Crippen molar-refractivity contribution in [2.75, 3.05) is 46.7 Å². The molecule has 1 aromatic rings. The van der Waals surface area contributed by atoms with Crippen LogP contribution in [0.25, 0.3) is 0 Å². The Morgan fingerprint density at radius 2 is 1.50 bits per heavy atom. The molecule has 2 nitrogen and oxygen atoms in total. The first-order valence-corrected chi connectivity index (χ1v) is 5.45. The fourth-order valence-corrected chi connectivity index (χ4v) is 1.43. The van der Waals surface area contributed by atoms with Crippen LogP contribution >= 0.6 is 0 Å². The number of rotatable bonds is 4. The van der Waals surface area contributed by atoms with Crippen LogP contribution in [0.1, 0.15) is 5.56 Å². The average molecular weight is 334 g/mol. The van der Waals surface area contributed by atoms with Crippen molar-refractivity contribution < 1.29 is 28.5 Å². The van der Waals surface area contributed by atoms with Crippen LogP contribution in [0.3, 0.4) is 0 Å². The second kappa shape index (κ2) is 6.45.